The van der Waals surface area contributed by atoms with E-state index in [-0.39, 0.29) is 0 Å². The number of rotatable bonds is 5. The van der Waals surface area contributed by atoms with E-state index in [0.717, 1.165) is 18.0 Å². The zero-order valence-electron chi connectivity index (χ0n) is 11.2. The Balaban J connectivity index is 1.56. The van der Waals surface area contributed by atoms with Gasteiger partial charge in [0.05, 0.1) is 6.61 Å². The van der Waals surface area contributed by atoms with Crippen LogP contribution in [0.4, 0.5) is 5.69 Å². The Morgan fingerprint density at radius 2 is 1.89 bits per heavy atom. The van der Waals surface area contributed by atoms with Crippen LogP contribution in [0.3, 0.4) is 0 Å². The van der Waals surface area contributed by atoms with Gasteiger partial charge in [-0.1, -0.05) is 24.3 Å². The third kappa shape index (κ3) is 2.58. The van der Waals surface area contributed by atoms with Gasteiger partial charge in [-0.05, 0) is 48.7 Å². The fraction of sp³-hybridized carbons (Fsp3) is 0.294. The third-order valence-electron chi connectivity index (χ3n) is 3.68. The minimum Gasteiger partial charge on any atom is -0.494 e. The number of nitrogens with one attached hydrogen (secondary N) is 1. The smallest absolute Gasteiger partial charge is 0.119 e. The lowest BCUT2D eigenvalue weighted by molar-refractivity contribution is 0.340. The summed E-state index contributed by atoms with van der Waals surface area (Å²) in [5, 5.41) is 3.50. The van der Waals surface area contributed by atoms with Crippen LogP contribution in [-0.4, -0.2) is 13.2 Å². The molecule has 0 saturated heterocycles. The summed E-state index contributed by atoms with van der Waals surface area (Å²) in [6, 6.07) is 16.9. The van der Waals surface area contributed by atoms with Gasteiger partial charge in [0.15, 0.2) is 0 Å². The van der Waals surface area contributed by atoms with Gasteiger partial charge in [0.25, 0.3) is 0 Å². The largest absolute Gasteiger partial charge is 0.494 e. The summed E-state index contributed by atoms with van der Waals surface area (Å²) in [4.78, 5) is 0. The van der Waals surface area contributed by atoms with E-state index in [2.05, 4.69) is 41.7 Å². The first-order chi connectivity index (χ1) is 9.36. The van der Waals surface area contributed by atoms with Gasteiger partial charge >= 0.3 is 0 Å². The zero-order valence-corrected chi connectivity index (χ0v) is 11.2. The van der Waals surface area contributed by atoms with E-state index in [9.17, 15) is 0 Å². The maximum absolute atomic E-state index is 5.44. The molecule has 2 aromatic rings. The van der Waals surface area contributed by atoms with E-state index in [4.69, 9.17) is 4.74 Å². The minimum absolute atomic E-state index is 0.655. The predicted molar refractivity (Wildman–Crippen MR) is 79.0 cm³/mol. The standard InChI is InChI=1S/C17H19NO/c1-2-19-16-9-7-15(8-10-16)18-12-14-11-13-5-3-4-6-17(13)14/h3-10,14,18H,2,11-12H2,1H3. The first-order valence-corrected chi connectivity index (χ1v) is 6.91. The van der Waals surface area contributed by atoms with Crippen molar-refractivity contribution in [1.29, 1.82) is 0 Å². The number of hydrogen-bond donors (Lipinski definition) is 1. The van der Waals surface area contributed by atoms with Crippen LogP contribution in [0.5, 0.6) is 5.75 Å². The van der Waals surface area contributed by atoms with Crippen molar-refractivity contribution in [3.05, 3.63) is 59.7 Å². The maximum atomic E-state index is 5.44. The summed E-state index contributed by atoms with van der Waals surface area (Å²) in [6.45, 7) is 3.72. The molecule has 1 atom stereocenters. The monoisotopic (exact) mass is 253 g/mol. The molecule has 19 heavy (non-hydrogen) atoms. The second-order valence-electron chi connectivity index (χ2n) is 4.94. The van der Waals surface area contributed by atoms with Gasteiger partial charge in [0.2, 0.25) is 0 Å². The van der Waals surface area contributed by atoms with E-state index < -0.39 is 0 Å². The molecule has 2 aromatic carbocycles. The first-order valence-electron chi connectivity index (χ1n) is 6.91. The lowest BCUT2D eigenvalue weighted by atomic mass is 9.77. The van der Waals surface area contributed by atoms with Gasteiger partial charge in [0, 0.05) is 18.2 Å². The van der Waals surface area contributed by atoms with Crippen molar-refractivity contribution in [1.82, 2.24) is 0 Å². The maximum Gasteiger partial charge on any atom is 0.119 e. The summed E-state index contributed by atoms with van der Waals surface area (Å²) < 4.78 is 5.44. The molecule has 0 radical (unpaired) electrons. The molecule has 0 amide bonds. The molecule has 1 N–H and O–H groups in total. The Labute approximate surface area is 114 Å². The number of ether oxygens (including phenoxy) is 1. The van der Waals surface area contributed by atoms with Gasteiger partial charge in [-0.25, -0.2) is 0 Å². The van der Waals surface area contributed by atoms with Crippen LogP contribution in [-0.2, 0) is 6.42 Å². The Hall–Kier alpha value is -1.96. The Kier molecular flexibility index (Phi) is 3.41. The van der Waals surface area contributed by atoms with Crippen LogP contribution in [0.25, 0.3) is 0 Å². The van der Waals surface area contributed by atoms with Gasteiger partial charge in [-0.15, -0.1) is 0 Å². The summed E-state index contributed by atoms with van der Waals surface area (Å²) in [6.07, 6.45) is 1.19. The lowest BCUT2D eigenvalue weighted by Crippen LogP contribution is -2.24. The molecular weight excluding hydrogens is 234 g/mol. The van der Waals surface area contributed by atoms with Crippen molar-refractivity contribution >= 4 is 5.69 Å². The van der Waals surface area contributed by atoms with Crippen molar-refractivity contribution in [2.45, 2.75) is 19.3 Å². The summed E-state index contributed by atoms with van der Waals surface area (Å²) in [5.74, 6) is 1.59. The Bertz CT molecular complexity index is 547. The highest BCUT2D eigenvalue weighted by Crippen LogP contribution is 2.34. The molecule has 1 aliphatic carbocycles. The van der Waals surface area contributed by atoms with Crippen LogP contribution in [0.15, 0.2) is 48.5 Å². The highest BCUT2D eigenvalue weighted by atomic mass is 16.5. The zero-order chi connectivity index (χ0) is 13.1. The molecule has 0 fully saturated rings. The SMILES string of the molecule is CCOc1ccc(NCC2Cc3ccccc32)cc1. The van der Waals surface area contributed by atoms with E-state index in [1.165, 1.54) is 17.5 Å². The highest BCUT2D eigenvalue weighted by Gasteiger charge is 2.24. The molecule has 0 aliphatic heterocycles. The molecule has 0 heterocycles. The Morgan fingerprint density at radius 1 is 1.11 bits per heavy atom. The van der Waals surface area contributed by atoms with E-state index in [0.29, 0.717) is 12.5 Å². The van der Waals surface area contributed by atoms with E-state index in [1.54, 1.807) is 0 Å². The molecule has 0 saturated carbocycles. The second-order valence-corrected chi connectivity index (χ2v) is 4.94. The fourth-order valence-electron chi connectivity index (χ4n) is 2.62. The molecular formula is C17H19NO. The minimum atomic E-state index is 0.655. The van der Waals surface area contributed by atoms with Crippen molar-refractivity contribution in [3.8, 4) is 5.75 Å². The molecule has 1 unspecified atom stereocenters. The highest BCUT2D eigenvalue weighted by molar-refractivity contribution is 5.48. The predicted octanol–water partition coefficient (Wildman–Crippen LogP) is 3.84. The van der Waals surface area contributed by atoms with Crippen LogP contribution in [0.1, 0.15) is 24.0 Å². The topological polar surface area (TPSA) is 21.3 Å². The third-order valence-corrected chi connectivity index (χ3v) is 3.68. The quantitative estimate of drug-likeness (QED) is 0.874. The lowest BCUT2D eigenvalue weighted by Gasteiger charge is -2.30. The van der Waals surface area contributed by atoms with Crippen molar-refractivity contribution in [3.63, 3.8) is 0 Å². The van der Waals surface area contributed by atoms with Crippen LogP contribution in [0.2, 0.25) is 0 Å². The molecule has 3 rings (SSSR count). The van der Waals surface area contributed by atoms with Crippen LogP contribution in [0, 0.1) is 0 Å². The molecule has 0 bridgehead atoms. The van der Waals surface area contributed by atoms with Crippen molar-refractivity contribution in [2.75, 3.05) is 18.5 Å². The van der Waals surface area contributed by atoms with E-state index in [1.807, 2.05) is 19.1 Å². The Morgan fingerprint density at radius 3 is 2.63 bits per heavy atom. The number of hydrogen-bond acceptors (Lipinski definition) is 2. The molecule has 2 heteroatoms. The number of fused-ring (bicyclic) bond motifs is 1. The van der Waals surface area contributed by atoms with Crippen LogP contribution < -0.4 is 10.1 Å². The van der Waals surface area contributed by atoms with Gasteiger partial charge in [-0.2, -0.15) is 0 Å². The fourth-order valence-corrected chi connectivity index (χ4v) is 2.62. The number of anilines is 1. The van der Waals surface area contributed by atoms with Gasteiger partial charge in [-0.3, -0.25) is 0 Å². The van der Waals surface area contributed by atoms with Gasteiger partial charge in [0.1, 0.15) is 5.75 Å². The van der Waals surface area contributed by atoms with Crippen LogP contribution >= 0.6 is 0 Å². The molecule has 2 nitrogen and oxygen atoms in total. The average molecular weight is 253 g/mol. The van der Waals surface area contributed by atoms with E-state index >= 15 is 0 Å². The van der Waals surface area contributed by atoms with Crippen molar-refractivity contribution < 1.29 is 4.74 Å². The molecule has 1 aliphatic rings. The first kappa shape index (κ1) is 12.1. The summed E-state index contributed by atoms with van der Waals surface area (Å²) in [5.41, 5.74) is 4.16. The second kappa shape index (κ2) is 5.35. The molecule has 0 aromatic heterocycles. The summed E-state index contributed by atoms with van der Waals surface area (Å²) in [7, 11) is 0. The average Bonchev–Trinajstić information content (AvgIpc) is 2.42. The number of benzene rings is 2. The van der Waals surface area contributed by atoms with Crippen molar-refractivity contribution in [2.24, 2.45) is 0 Å². The normalized spacial score (nSPS) is 16.4. The molecule has 98 valence electrons. The molecule has 0 spiro atoms. The summed E-state index contributed by atoms with van der Waals surface area (Å²) >= 11 is 0. The van der Waals surface area contributed by atoms with Gasteiger partial charge < -0.3 is 10.1 Å².